The van der Waals surface area contributed by atoms with E-state index in [0.717, 1.165) is 12.0 Å². The van der Waals surface area contributed by atoms with E-state index in [-0.39, 0.29) is 0 Å². The summed E-state index contributed by atoms with van der Waals surface area (Å²) in [5.41, 5.74) is 1.09. The Kier molecular flexibility index (Phi) is 6.76. The van der Waals surface area contributed by atoms with Crippen LogP contribution in [0.3, 0.4) is 0 Å². The highest BCUT2D eigenvalue weighted by Crippen LogP contribution is 2.22. The van der Waals surface area contributed by atoms with E-state index in [1.807, 2.05) is 18.2 Å². The Labute approximate surface area is 106 Å². The Morgan fingerprint density at radius 3 is 2.47 bits per heavy atom. The summed E-state index contributed by atoms with van der Waals surface area (Å²) in [5.74, 6) is 1.12. The van der Waals surface area contributed by atoms with Gasteiger partial charge in [0.2, 0.25) is 0 Å². The summed E-state index contributed by atoms with van der Waals surface area (Å²) >= 11 is 0. The van der Waals surface area contributed by atoms with Crippen LogP contribution in [-0.2, 0) is 6.42 Å². The number of aromatic hydroxyl groups is 1. The van der Waals surface area contributed by atoms with Gasteiger partial charge in [-0.2, -0.15) is 0 Å². The van der Waals surface area contributed by atoms with Crippen LogP contribution in [0.15, 0.2) is 24.3 Å². The first-order valence-corrected chi connectivity index (χ1v) is 7.01. The van der Waals surface area contributed by atoms with Gasteiger partial charge in [0, 0.05) is 0 Å². The largest absolute Gasteiger partial charge is 0.508 e. The minimum Gasteiger partial charge on any atom is -0.508 e. The zero-order valence-corrected chi connectivity index (χ0v) is 11.3. The molecule has 0 radical (unpaired) electrons. The van der Waals surface area contributed by atoms with Crippen LogP contribution in [0.5, 0.6) is 5.75 Å². The molecule has 1 nitrogen and oxygen atoms in total. The lowest BCUT2D eigenvalue weighted by molar-refractivity contribution is 0.446. The topological polar surface area (TPSA) is 20.2 Å². The molecular weight excluding hydrogens is 208 g/mol. The lowest BCUT2D eigenvalue weighted by Crippen LogP contribution is -2.00. The molecule has 0 bridgehead atoms. The molecule has 1 aromatic rings. The lowest BCUT2D eigenvalue weighted by Gasteiger charge is -2.12. The Morgan fingerprint density at radius 2 is 1.76 bits per heavy atom. The maximum atomic E-state index is 9.70. The normalized spacial score (nSPS) is 12.6. The third-order valence-corrected chi connectivity index (χ3v) is 3.36. The molecule has 0 aromatic heterocycles. The first kappa shape index (κ1) is 14.1. The summed E-state index contributed by atoms with van der Waals surface area (Å²) in [4.78, 5) is 0. The first-order valence-electron chi connectivity index (χ1n) is 7.01. The van der Waals surface area contributed by atoms with E-state index in [4.69, 9.17) is 0 Å². The fraction of sp³-hybridized carbons (Fsp3) is 0.625. The van der Waals surface area contributed by atoms with Crippen LogP contribution in [0.1, 0.15) is 57.9 Å². The van der Waals surface area contributed by atoms with Crippen molar-refractivity contribution in [3.8, 4) is 5.75 Å². The monoisotopic (exact) mass is 234 g/mol. The van der Waals surface area contributed by atoms with Crippen molar-refractivity contribution in [1.82, 2.24) is 0 Å². The Bertz CT molecular complexity index is 306. The Morgan fingerprint density at radius 1 is 1.06 bits per heavy atom. The highest BCUT2D eigenvalue weighted by atomic mass is 16.3. The van der Waals surface area contributed by atoms with E-state index in [0.29, 0.717) is 11.7 Å². The van der Waals surface area contributed by atoms with Gasteiger partial charge in [-0.3, -0.25) is 0 Å². The number of phenols is 1. The van der Waals surface area contributed by atoms with Gasteiger partial charge in [0.1, 0.15) is 5.75 Å². The molecule has 0 saturated heterocycles. The summed E-state index contributed by atoms with van der Waals surface area (Å²) in [6.07, 6.45) is 9.02. The van der Waals surface area contributed by atoms with Crippen LogP contribution in [0.2, 0.25) is 0 Å². The summed E-state index contributed by atoms with van der Waals surface area (Å²) < 4.78 is 0. The minimum atomic E-state index is 0.449. The SMILES string of the molecule is CCCCCCCC(C)Cc1ccccc1O. The summed E-state index contributed by atoms with van der Waals surface area (Å²) in [5, 5.41) is 9.70. The molecule has 0 aliphatic carbocycles. The van der Waals surface area contributed by atoms with E-state index in [1.54, 1.807) is 6.07 Å². The molecule has 0 saturated carbocycles. The van der Waals surface area contributed by atoms with Crippen molar-refractivity contribution >= 4 is 0 Å². The van der Waals surface area contributed by atoms with Crippen LogP contribution in [0.4, 0.5) is 0 Å². The van der Waals surface area contributed by atoms with Gasteiger partial charge in [0.15, 0.2) is 0 Å². The zero-order chi connectivity index (χ0) is 12.5. The number of para-hydroxylation sites is 1. The number of rotatable bonds is 8. The van der Waals surface area contributed by atoms with Crippen molar-refractivity contribution in [3.63, 3.8) is 0 Å². The van der Waals surface area contributed by atoms with E-state index in [9.17, 15) is 5.11 Å². The molecule has 17 heavy (non-hydrogen) atoms. The van der Waals surface area contributed by atoms with Gasteiger partial charge in [0.25, 0.3) is 0 Å². The van der Waals surface area contributed by atoms with E-state index in [1.165, 1.54) is 38.5 Å². The molecule has 1 N–H and O–H groups in total. The minimum absolute atomic E-state index is 0.449. The molecule has 1 rings (SSSR count). The van der Waals surface area contributed by atoms with Gasteiger partial charge >= 0.3 is 0 Å². The first-order chi connectivity index (χ1) is 8.24. The highest BCUT2D eigenvalue weighted by molar-refractivity contribution is 5.31. The molecule has 0 aliphatic heterocycles. The molecule has 96 valence electrons. The van der Waals surface area contributed by atoms with Crippen LogP contribution in [0, 0.1) is 5.92 Å². The van der Waals surface area contributed by atoms with Crippen molar-refractivity contribution < 1.29 is 5.11 Å². The van der Waals surface area contributed by atoms with Crippen LogP contribution in [0.25, 0.3) is 0 Å². The maximum absolute atomic E-state index is 9.70. The lowest BCUT2D eigenvalue weighted by atomic mass is 9.95. The summed E-state index contributed by atoms with van der Waals surface area (Å²) in [6.45, 7) is 4.53. The zero-order valence-electron chi connectivity index (χ0n) is 11.3. The van der Waals surface area contributed by atoms with Crippen LogP contribution < -0.4 is 0 Å². The van der Waals surface area contributed by atoms with Gasteiger partial charge in [-0.1, -0.05) is 70.6 Å². The number of phenolic OH excluding ortho intramolecular Hbond substituents is 1. The molecule has 1 aromatic carbocycles. The molecule has 0 fully saturated rings. The van der Waals surface area contributed by atoms with Gasteiger partial charge in [-0.15, -0.1) is 0 Å². The molecule has 1 unspecified atom stereocenters. The molecule has 0 spiro atoms. The average Bonchev–Trinajstić information content (AvgIpc) is 2.32. The number of unbranched alkanes of at least 4 members (excludes halogenated alkanes) is 4. The predicted octanol–water partition coefficient (Wildman–Crippen LogP) is 4.93. The standard InChI is InChI=1S/C16H26O/c1-3-4-5-6-7-10-14(2)13-15-11-8-9-12-16(15)17/h8-9,11-12,14,17H,3-7,10,13H2,1-2H3. The third kappa shape index (κ3) is 5.76. The van der Waals surface area contributed by atoms with Crippen molar-refractivity contribution in [2.45, 2.75) is 58.8 Å². The maximum Gasteiger partial charge on any atom is 0.118 e. The van der Waals surface area contributed by atoms with E-state index >= 15 is 0 Å². The Hall–Kier alpha value is -0.980. The quantitative estimate of drug-likeness (QED) is 0.632. The fourth-order valence-corrected chi connectivity index (χ4v) is 2.26. The number of hydrogen-bond donors (Lipinski definition) is 1. The third-order valence-electron chi connectivity index (χ3n) is 3.36. The predicted molar refractivity (Wildman–Crippen MR) is 74.4 cm³/mol. The van der Waals surface area contributed by atoms with Gasteiger partial charge in [0.05, 0.1) is 0 Å². The molecule has 1 atom stereocenters. The van der Waals surface area contributed by atoms with Gasteiger partial charge in [-0.25, -0.2) is 0 Å². The second-order valence-corrected chi connectivity index (χ2v) is 5.14. The van der Waals surface area contributed by atoms with E-state index in [2.05, 4.69) is 13.8 Å². The molecular formula is C16H26O. The van der Waals surface area contributed by atoms with Crippen molar-refractivity contribution in [2.24, 2.45) is 5.92 Å². The second kappa shape index (κ2) is 8.16. The van der Waals surface area contributed by atoms with Crippen molar-refractivity contribution in [2.75, 3.05) is 0 Å². The van der Waals surface area contributed by atoms with Crippen LogP contribution >= 0.6 is 0 Å². The molecule has 1 heteroatoms. The highest BCUT2D eigenvalue weighted by Gasteiger charge is 2.06. The smallest absolute Gasteiger partial charge is 0.118 e. The second-order valence-electron chi connectivity index (χ2n) is 5.14. The van der Waals surface area contributed by atoms with Gasteiger partial charge in [-0.05, 0) is 24.0 Å². The van der Waals surface area contributed by atoms with Crippen LogP contribution in [-0.4, -0.2) is 5.11 Å². The van der Waals surface area contributed by atoms with Gasteiger partial charge < -0.3 is 5.11 Å². The van der Waals surface area contributed by atoms with Crippen molar-refractivity contribution in [3.05, 3.63) is 29.8 Å². The number of benzene rings is 1. The Balaban J connectivity index is 2.21. The fourth-order valence-electron chi connectivity index (χ4n) is 2.26. The molecule has 0 amide bonds. The number of hydrogen-bond acceptors (Lipinski definition) is 1. The summed E-state index contributed by atoms with van der Waals surface area (Å²) in [6, 6.07) is 7.70. The van der Waals surface area contributed by atoms with Crippen molar-refractivity contribution in [1.29, 1.82) is 0 Å². The van der Waals surface area contributed by atoms with E-state index < -0.39 is 0 Å². The average molecular weight is 234 g/mol. The molecule has 0 heterocycles. The summed E-state index contributed by atoms with van der Waals surface area (Å²) in [7, 11) is 0. The molecule has 0 aliphatic rings.